The standard InChI is InChI=1S/C21H36O5.H2O/c1-12(22)20(25)8-9-21(26)15-5-4-13-10-14(23)6-7-18(13,2)16(15)11-17(24)19(20,21)3;/h12-17,22-26H,4-11H2,1-3H3;1H2/t12-,13-,14-,15+,16-,17+,18-,19+,20+,21-;/m0./s1. The van der Waals surface area contributed by atoms with Gasteiger partial charge in [0.15, 0.2) is 0 Å². The number of aliphatic hydroxyl groups is 5. The molecule has 0 bridgehead atoms. The van der Waals surface area contributed by atoms with Gasteiger partial charge in [-0.2, -0.15) is 0 Å². The van der Waals surface area contributed by atoms with Crippen LogP contribution >= 0.6 is 0 Å². The Morgan fingerprint density at radius 2 is 1.56 bits per heavy atom. The molecule has 0 aliphatic heterocycles. The summed E-state index contributed by atoms with van der Waals surface area (Å²) in [6.45, 7) is 5.64. The fraction of sp³-hybridized carbons (Fsp3) is 1.00. The Balaban J connectivity index is 0.00000210. The molecule has 4 aliphatic carbocycles. The minimum Gasteiger partial charge on any atom is -0.412 e. The van der Waals surface area contributed by atoms with E-state index < -0.39 is 28.8 Å². The van der Waals surface area contributed by atoms with Gasteiger partial charge in [-0.15, -0.1) is 0 Å². The number of rotatable bonds is 1. The predicted molar refractivity (Wildman–Crippen MR) is 101 cm³/mol. The van der Waals surface area contributed by atoms with Crippen molar-refractivity contribution in [2.75, 3.05) is 0 Å². The number of aliphatic hydroxyl groups excluding tert-OH is 3. The van der Waals surface area contributed by atoms with E-state index in [4.69, 9.17) is 0 Å². The molecule has 10 atom stereocenters. The molecule has 0 aromatic heterocycles. The van der Waals surface area contributed by atoms with E-state index in [0.717, 1.165) is 32.1 Å². The van der Waals surface area contributed by atoms with Crippen molar-refractivity contribution in [1.82, 2.24) is 0 Å². The monoisotopic (exact) mass is 386 g/mol. The van der Waals surface area contributed by atoms with E-state index in [-0.39, 0.29) is 28.8 Å². The molecule has 0 heterocycles. The van der Waals surface area contributed by atoms with Crippen molar-refractivity contribution in [1.29, 1.82) is 0 Å². The number of fused-ring (bicyclic) bond motifs is 5. The van der Waals surface area contributed by atoms with Gasteiger partial charge in [-0.05, 0) is 81.5 Å². The fourth-order valence-corrected chi connectivity index (χ4v) is 7.92. The van der Waals surface area contributed by atoms with Gasteiger partial charge in [0.1, 0.15) is 5.60 Å². The second-order valence-electron chi connectivity index (χ2n) is 10.4. The average molecular weight is 387 g/mol. The zero-order valence-electron chi connectivity index (χ0n) is 16.9. The number of hydrogen-bond donors (Lipinski definition) is 5. The third-order valence-corrected chi connectivity index (χ3v) is 9.80. The van der Waals surface area contributed by atoms with Gasteiger partial charge >= 0.3 is 0 Å². The molecule has 0 unspecified atom stereocenters. The maximum Gasteiger partial charge on any atom is 0.101 e. The van der Waals surface area contributed by atoms with Crippen LogP contribution in [0.25, 0.3) is 0 Å². The van der Waals surface area contributed by atoms with Gasteiger partial charge < -0.3 is 31.0 Å². The van der Waals surface area contributed by atoms with Gasteiger partial charge in [0.05, 0.1) is 29.3 Å². The molecule has 0 aromatic rings. The Morgan fingerprint density at radius 1 is 0.889 bits per heavy atom. The predicted octanol–water partition coefficient (Wildman–Crippen LogP) is 0.763. The quantitative estimate of drug-likeness (QED) is 0.454. The summed E-state index contributed by atoms with van der Waals surface area (Å²) in [7, 11) is 0. The van der Waals surface area contributed by atoms with E-state index in [1.54, 1.807) is 13.8 Å². The summed E-state index contributed by atoms with van der Waals surface area (Å²) < 4.78 is 0. The molecule has 0 amide bonds. The maximum absolute atomic E-state index is 11.9. The molecular weight excluding hydrogens is 348 g/mol. The SMILES string of the molecule is C[C@H](O)[C@]1(O)CC[C@]2(O)[C@@H]3CC[C@H]4C[C@@H](O)CC[C@]4(C)[C@H]3C[C@@H](O)[C@]12C.O. The highest BCUT2D eigenvalue weighted by Gasteiger charge is 2.75. The topological polar surface area (TPSA) is 133 Å². The normalized spacial score (nSPS) is 58.4. The highest BCUT2D eigenvalue weighted by atomic mass is 16.4. The lowest BCUT2D eigenvalue weighted by atomic mass is 9.42. The van der Waals surface area contributed by atoms with Crippen LogP contribution in [0, 0.1) is 28.6 Å². The largest absolute Gasteiger partial charge is 0.412 e. The number of hydrogen-bond acceptors (Lipinski definition) is 5. The van der Waals surface area contributed by atoms with Crippen LogP contribution in [-0.4, -0.2) is 60.5 Å². The highest BCUT2D eigenvalue weighted by molar-refractivity contribution is 5.25. The minimum absolute atomic E-state index is 0. The molecule has 4 fully saturated rings. The van der Waals surface area contributed by atoms with Crippen LogP contribution < -0.4 is 0 Å². The first-order chi connectivity index (χ1) is 12.0. The Hall–Kier alpha value is -0.240. The van der Waals surface area contributed by atoms with Crippen LogP contribution in [0.2, 0.25) is 0 Å². The molecule has 4 rings (SSSR count). The van der Waals surface area contributed by atoms with E-state index in [1.807, 2.05) is 0 Å². The van der Waals surface area contributed by atoms with Crippen molar-refractivity contribution >= 4 is 0 Å². The third kappa shape index (κ3) is 2.41. The van der Waals surface area contributed by atoms with Crippen molar-refractivity contribution in [3.8, 4) is 0 Å². The third-order valence-electron chi connectivity index (χ3n) is 9.80. The first kappa shape index (κ1) is 21.5. The van der Waals surface area contributed by atoms with Gasteiger partial charge in [-0.1, -0.05) is 13.8 Å². The zero-order chi connectivity index (χ0) is 19.1. The molecule has 0 saturated heterocycles. The van der Waals surface area contributed by atoms with Crippen molar-refractivity contribution in [3.05, 3.63) is 0 Å². The summed E-state index contributed by atoms with van der Waals surface area (Å²) in [4.78, 5) is 0. The Bertz CT molecular complexity index is 583. The molecule has 27 heavy (non-hydrogen) atoms. The first-order valence-corrected chi connectivity index (χ1v) is 10.5. The average Bonchev–Trinajstić information content (AvgIpc) is 2.80. The lowest BCUT2D eigenvalue weighted by Gasteiger charge is -2.65. The Labute approximate surface area is 161 Å². The molecule has 0 spiro atoms. The molecular formula is C21H38O6. The lowest BCUT2D eigenvalue weighted by molar-refractivity contribution is -0.286. The summed E-state index contributed by atoms with van der Waals surface area (Å²) in [5.41, 5.74) is -3.73. The molecule has 6 nitrogen and oxygen atoms in total. The second kappa shape index (κ2) is 6.38. The van der Waals surface area contributed by atoms with Crippen LogP contribution in [-0.2, 0) is 0 Å². The van der Waals surface area contributed by atoms with E-state index in [9.17, 15) is 25.5 Å². The van der Waals surface area contributed by atoms with Crippen molar-refractivity contribution < 1.29 is 31.0 Å². The van der Waals surface area contributed by atoms with Gasteiger partial charge in [0.25, 0.3) is 0 Å². The van der Waals surface area contributed by atoms with Crippen LogP contribution in [0.4, 0.5) is 0 Å². The Kier molecular flexibility index (Phi) is 5.07. The van der Waals surface area contributed by atoms with Crippen LogP contribution in [0.15, 0.2) is 0 Å². The lowest BCUT2D eigenvalue weighted by Crippen LogP contribution is -2.71. The van der Waals surface area contributed by atoms with E-state index >= 15 is 0 Å². The van der Waals surface area contributed by atoms with Gasteiger partial charge in [-0.3, -0.25) is 0 Å². The van der Waals surface area contributed by atoms with Crippen LogP contribution in [0.5, 0.6) is 0 Å². The summed E-state index contributed by atoms with van der Waals surface area (Å²) in [5, 5.41) is 54.8. The van der Waals surface area contributed by atoms with E-state index in [2.05, 4.69) is 6.92 Å². The summed E-state index contributed by atoms with van der Waals surface area (Å²) in [6, 6.07) is 0. The fourth-order valence-electron chi connectivity index (χ4n) is 7.92. The molecule has 158 valence electrons. The van der Waals surface area contributed by atoms with Gasteiger partial charge in [0, 0.05) is 0 Å². The maximum atomic E-state index is 11.9. The smallest absolute Gasteiger partial charge is 0.101 e. The molecule has 6 heteroatoms. The summed E-state index contributed by atoms with van der Waals surface area (Å²) >= 11 is 0. The van der Waals surface area contributed by atoms with Gasteiger partial charge in [-0.25, -0.2) is 0 Å². The zero-order valence-corrected chi connectivity index (χ0v) is 16.9. The summed E-state index contributed by atoms with van der Waals surface area (Å²) in [6.07, 6.45) is 3.62. The van der Waals surface area contributed by atoms with Crippen molar-refractivity contribution in [2.24, 2.45) is 28.6 Å². The minimum atomic E-state index is -1.47. The molecule has 0 radical (unpaired) electrons. The van der Waals surface area contributed by atoms with E-state index in [1.165, 1.54) is 0 Å². The highest BCUT2D eigenvalue weighted by Crippen LogP contribution is 2.70. The van der Waals surface area contributed by atoms with Crippen molar-refractivity contribution in [3.63, 3.8) is 0 Å². The van der Waals surface area contributed by atoms with Gasteiger partial charge in [0.2, 0.25) is 0 Å². The molecule has 4 saturated carbocycles. The molecule has 4 aliphatic rings. The second-order valence-corrected chi connectivity index (χ2v) is 10.4. The molecule has 7 N–H and O–H groups in total. The Morgan fingerprint density at radius 3 is 2.19 bits per heavy atom. The van der Waals surface area contributed by atoms with Crippen LogP contribution in [0.3, 0.4) is 0 Å². The molecule has 0 aromatic carbocycles. The van der Waals surface area contributed by atoms with Crippen LogP contribution in [0.1, 0.15) is 72.1 Å². The summed E-state index contributed by atoms with van der Waals surface area (Å²) in [5.74, 6) is 0.656. The first-order valence-electron chi connectivity index (χ1n) is 10.5. The van der Waals surface area contributed by atoms with E-state index in [0.29, 0.717) is 25.2 Å². The van der Waals surface area contributed by atoms with Crippen molar-refractivity contribution in [2.45, 2.75) is 102 Å².